The van der Waals surface area contributed by atoms with Crippen molar-refractivity contribution in [1.29, 1.82) is 0 Å². The minimum Gasteiger partial charge on any atom is -0.356 e. The molecule has 1 fully saturated rings. The van der Waals surface area contributed by atoms with Crippen LogP contribution in [0.2, 0.25) is 0 Å². The highest BCUT2D eigenvalue weighted by Crippen LogP contribution is 2.13. The molecule has 1 saturated heterocycles. The summed E-state index contributed by atoms with van der Waals surface area (Å²) in [5, 5.41) is 6.22. The van der Waals surface area contributed by atoms with Crippen molar-refractivity contribution in [1.82, 2.24) is 10.6 Å². The minimum atomic E-state index is -0.225. The van der Waals surface area contributed by atoms with Crippen molar-refractivity contribution < 1.29 is 9.18 Å². The number of amides is 1. The predicted octanol–water partition coefficient (Wildman–Crippen LogP) is 1.87. The van der Waals surface area contributed by atoms with Gasteiger partial charge in [0.1, 0.15) is 5.82 Å². The Hall–Kier alpha value is -1.42. The van der Waals surface area contributed by atoms with Crippen molar-refractivity contribution >= 4 is 5.91 Å². The molecule has 1 heterocycles. The summed E-state index contributed by atoms with van der Waals surface area (Å²) in [6.45, 7) is 2.58. The van der Waals surface area contributed by atoms with Gasteiger partial charge >= 0.3 is 0 Å². The molecule has 0 aliphatic carbocycles. The van der Waals surface area contributed by atoms with E-state index in [1.807, 2.05) is 6.07 Å². The second-order valence-electron chi connectivity index (χ2n) is 5.15. The number of nitrogens with one attached hydrogen (secondary N) is 2. The third-order valence-corrected chi connectivity index (χ3v) is 3.50. The van der Waals surface area contributed by atoms with Gasteiger partial charge in [0, 0.05) is 13.0 Å². The first kappa shape index (κ1) is 14.0. The molecule has 104 valence electrons. The van der Waals surface area contributed by atoms with E-state index in [9.17, 15) is 9.18 Å². The number of rotatable bonds is 5. The van der Waals surface area contributed by atoms with Gasteiger partial charge in [0.05, 0.1) is 0 Å². The van der Waals surface area contributed by atoms with Gasteiger partial charge in [-0.3, -0.25) is 4.79 Å². The summed E-state index contributed by atoms with van der Waals surface area (Å²) in [5.41, 5.74) is 0.916. The second-order valence-corrected chi connectivity index (χ2v) is 5.15. The van der Waals surface area contributed by atoms with Crippen LogP contribution in [-0.2, 0) is 11.2 Å². The number of carbonyl (C=O) groups is 1. The van der Waals surface area contributed by atoms with Crippen LogP contribution < -0.4 is 10.6 Å². The molecular weight excluding hydrogens is 243 g/mol. The van der Waals surface area contributed by atoms with Crippen molar-refractivity contribution in [2.45, 2.75) is 25.7 Å². The lowest BCUT2D eigenvalue weighted by Crippen LogP contribution is -2.34. The summed E-state index contributed by atoms with van der Waals surface area (Å²) in [6.07, 6.45) is 3.55. The van der Waals surface area contributed by atoms with E-state index in [4.69, 9.17) is 0 Å². The van der Waals surface area contributed by atoms with Crippen molar-refractivity contribution in [3.63, 3.8) is 0 Å². The maximum atomic E-state index is 13.0. The van der Waals surface area contributed by atoms with Crippen LogP contribution >= 0.6 is 0 Å². The van der Waals surface area contributed by atoms with Crippen LogP contribution in [0.1, 0.15) is 24.8 Å². The highest BCUT2D eigenvalue weighted by molar-refractivity contribution is 5.76. The maximum absolute atomic E-state index is 13.0. The first-order valence-corrected chi connectivity index (χ1v) is 6.96. The lowest BCUT2D eigenvalue weighted by molar-refractivity contribution is -0.122. The average molecular weight is 264 g/mol. The molecule has 0 radical (unpaired) electrons. The predicted molar refractivity (Wildman–Crippen MR) is 73.3 cm³/mol. The number of benzene rings is 1. The Balaban J connectivity index is 1.66. The summed E-state index contributed by atoms with van der Waals surface area (Å²) in [4.78, 5) is 11.8. The fraction of sp³-hybridized carbons (Fsp3) is 0.533. The number of halogens is 1. The highest BCUT2D eigenvalue weighted by Gasteiger charge is 2.16. The van der Waals surface area contributed by atoms with Crippen molar-refractivity contribution in [2.24, 2.45) is 5.92 Å². The van der Waals surface area contributed by atoms with Crippen LogP contribution in [0.5, 0.6) is 0 Å². The van der Waals surface area contributed by atoms with Gasteiger partial charge in [-0.1, -0.05) is 12.1 Å². The number of hydrogen-bond donors (Lipinski definition) is 2. The molecule has 4 heteroatoms. The fourth-order valence-corrected chi connectivity index (χ4v) is 2.47. The molecular formula is C15H21FN2O. The molecule has 0 saturated carbocycles. The van der Waals surface area contributed by atoms with E-state index in [0.717, 1.165) is 31.5 Å². The molecule has 2 rings (SSSR count). The molecule has 1 aromatic carbocycles. The Morgan fingerprint density at radius 3 is 3.11 bits per heavy atom. The Bertz CT molecular complexity index is 416. The summed E-state index contributed by atoms with van der Waals surface area (Å²) in [5.74, 6) is 0.338. The summed E-state index contributed by atoms with van der Waals surface area (Å²) >= 11 is 0. The van der Waals surface area contributed by atoms with E-state index in [1.54, 1.807) is 6.07 Å². The Kier molecular flexibility index (Phi) is 5.33. The molecule has 0 bridgehead atoms. The number of hydrogen-bond acceptors (Lipinski definition) is 2. The normalized spacial score (nSPS) is 19.1. The molecule has 19 heavy (non-hydrogen) atoms. The van der Waals surface area contributed by atoms with Gasteiger partial charge in [-0.15, -0.1) is 0 Å². The SMILES string of the molecule is O=C(CC1CCCNC1)NCCc1cccc(F)c1. The monoisotopic (exact) mass is 264 g/mol. The lowest BCUT2D eigenvalue weighted by atomic mass is 9.96. The fourth-order valence-electron chi connectivity index (χ4n) is 2.47. The van der Waals surface area contributed by atoms with E-state index in [1.165, 1.54) is 12.1 Å². The van der Waals surface area contributed by atoms with Gasteiger partial charge in [-0.2, -0.15) is 0 Å². The molecule has 1 aliphatic heterocycles. The molecule has 3 nitrogen and oxygen atoms in total. The molecule has 1 atom stereocenters. The topological polar surface area (TPSA) is 41.1 Å². The van der Waals surface area contributed by atoms with E-state index >= 15 is 0 Å². The van der Waals surface area contributed by atoms with Crippen molar-refractivity contribution in [3.05, 3.63) is 35.6 Å². The van der Waals surface area contributed by atoms with Gasteiger partial charge < -0.3 is 10.6 Å². The smallest absolute Gasteiger partial charge is 0.220 e. The van der Waals surface area contributed by atoms with Gasteiger partial charge in [0.25, 0.3) is 0 Å². The van der Waals surface area contributed by atoms with E-state index in [-0.39, 0.29) is 11.7 Å². The number of carbonyl (C=O) groups excluding carboxylic acids is 1. The van der Waals surface area contributed by atoms with Crippen LogP contribution in [0.15, 0.2) is 24.3 Å². The van der Waals surface area contributed by atoms with E-state index < -0.39 is 0 Å². The third-order valence-electron chi connectivity index (χ3n) is 3.50. The molecule has 1 amide bonds. The maximum Gasteiger partial charge on any atom is 0.220 e. The molecule has 1 aromatic rings. The van der Waals surface area contributed by atoms with Crippen molar-refractivity contribution in [3.8, 4) is 0 Å². The van der Waals surface area contributed by atoms with Crippen LogP contribution in [0.25, 0.3) is 0 Å². The molecule has 1 aliphatic rings. The third kappa shape index (κ3) is 4.99. The van der Waals surface area contributed by atoms with E-state index in [2.05, 4.69) is 10.6 Å². The molecule has 2 N–H and O–H groups in total. The second kappa shape index (κ2) is 7.24. The average Bonchev–Trinajstić information content (AvgIpc) is 2.40. The molecule has 0 aromatic heterocycles. The van der Waals surface area contributed by atoms with Gasteiger partial charge in [0.2, 0.25) is 5.91 Å². The Labute approximate surface area is 113 Å². The van der Waals surface area contributed by atoms with Gasteiger partial charge in [0.15, 0.2) is 0 Å². The minimum absolute atomic E-state index is 0.102. The van der Waals surface area contributed by atoms with Crippen LogP contribution in [0, 0.1) is 11.7 Å². The molecule has 0 spiro atoms. The highest BCUT2D eigenvalue weighted by atomic mass is 19.1. The molecule has 1 unspecified atom stereocenters. The summed E-state index contributed by atoms with van der Waals surface area (Å²) in [7, 11) is 0. The summed E-state index contributed by atoms with van der Waals surface area (Å²) < 4.78 is 13.0. The first-order chi connectivity index (χ1) is 9.24. The van der Waals surface area contributed by atoms with Gasteiger partial charge in [-0.05, 0) is 56.0 Å². The largest absolute Gasteiger partial charge is 0.356 e. The van der Waals surface area contributed by atoms with Crippen LogP contribution in [0.4, 0.5) is 4.39 Å². The quantitative estimate of drug-likeness (QED) is 0.852. The Morgan fingerprint density at radius 2 is 2.37 bits per heavy atom. The first-order valence-electron chi connectivity index (χ1n) is 6.96. The van der Waals surface area contributed by atoms with Crippen LogP contribution in [0.3, 0.4) is 0 Å². The number of piperidine rings is 1. The van der Waals surface area contributed by atoms with E-state index in [0.29, 0.717) is 25.3 Å². The Morgan fingerprint density at radius 1 is 1.47 bits per heavy atom. The lowest BCUT2D eigenvalue weighted by Gasteiger charge is -2.22. The van der Waals surface area contributed by atoms with Gasteiger partial charge in [-0.25, -0.2) is 4.39 Å². The standard InChI is InChI=1S/C15H21FN2O/c16-14-5-1-3-12(9-14)6-8-18-15(19)10-13-4-2-7-17-11-13/h1,3,5,9,13,17H,2,4,6-8,10-11H2,(H,18,19). The van der Waals surface area contributed by atoms with Crippen LogP contribution in [-0.4, -0.2) is 25.5 Å². The van der Waals surface area contributed by atoms with Crippen molar-refractivity contribution in [2.75, 3.05) is 19.6 Å². The zero-order chi connectivity index (χ0) is 13.5. The zero-order valence-electron chi connectivity index (χ0n) is 11.1. The summed E-state index contributed by atoms with van der Waals surface area (Å²) in [6, 6.07) is 6.51. The zero-order valence-corrected chi connectivity index (χ0v) is 11.1.